The quantitative estimate of drug-likeness (QED) is 0.160. The third-order valence-corrected chi connectivity index (χ3v) is 12.8. The fourth-order valence-corrected chi connectivity index (χ4v) is 10.8. The van der Waals surface area contributed by atoms with Crippen molar-refractivity contribution >= 4 is 22.5 Å². The lowest BCUT2D eigenvalue weighted by molar-refractivity contribution is 0.104. The van der Waals surface area contributed by atoms with Gasteiger partial charge in [-0.2, -0.15) is 0 Å². The van der Waals surface area contributed by atoms with Gasteiger partial charge in [0.25, 0.3) is 0 Å². The van der Waals surface area contributed by atoms with Crippen LogP contribution in [-0.4, -0.2) is 5.78 Å². The fourth-order valence-electron chi connectivity index (χ4n) is 10.8. The second kappa shape index (κ2) is 13.7. The Morgan fingerprint density at radius 2 is 0.915 bits per heavy atom. The summed E-state index contributed by atoms with van der Waals surface area (Å²) in [4.78, 5) is 15.0. The Kier molecular flexibility index (Phi) is 8.15. The van der Waals surface area contributed by atoms with Gasteiger partial charge in [0.2, 0.25) is 0 Å². The van der Waals surface area contributed by atoms with Gasteiger partial charge in [0, 0.05) is 49.9 Å². The van der Waals surface area contributed by atoms with Gasteiger partial charge < -0.3 is 0 Å². The van der Waals surface area contributed by atoms with E-state index in [4.69, 9.17) is 0 Å². The number of allylic oxidation sites excluding steroid dienone is 3. The van der Waals surface area contributed by atoms with Gasteiger partial charge in [-0.25, -0.2) is 0 Å². The van der Waals surface area contributed by atoms with Crippen LogP contribution in [0.15, 0.2) is 163 Å². The van der Waals surface area contributed by atoms with Crippen LogP contribution in [-0.2, 0) is 5.41 Å². The second-order valence-corrected chi connectivity index (χ2v) is 16.1. The first-order valence-electron chi connectivity index (χ1n) is 21.0. The van der Waals surface area contributed by atoms with Gasteiger partial charge in [0.1, 0.15) is 0 Å². The molecule has 1 nitrogen and oxygen atoms in total. The SMILES string of the molecule is CCCC1(CCC)C2=C(C#Cc3ccccc3C#Cc3ccccc3)c3ccccc3C2=C2c3ccccc3-c3c4c(c(-c5ccccc5)c1c32)-c1ccccc1C4=O. The highest BCUT2D eigenvalue weighted by Gasteiger charge is 2.53. The van der Waals surface area contributed by atoms with Crippen LogP contribution in [0.25, 0.3) is 50.1 Å². The molecule has 278 valence electrons. The maximum atomic E-state index is 15.0. The smallest absolute Gasteiger partial charge is 0.194 e. The Bertz CT molecular complexity index is 3120. The van der Waals surface area contributed by atoms with Crippen molar-refractivity contribution < 1.29 is 4.79 Å². The normalized spacial score (nSPS) is 14.3. The van der Waals surface area contributed by atoms with Crippen molar-refractivity contribution in [2.24, 2.45) is 0 Å². The van der Waals surface area contributed by atoms with Crippen molar-refractivity contribution in [3.8, 4) is 57.1 Å². The van der Waals surface area contributed by atoms with Crippen LogP contribution in [0, 0.1) is 23.7 Å². The lowest BCUT2D eigenvalue weighted by atomic mass is 9.57. The molecule has 0 fully saturated rings. The molecule has 4 aliphatic carbocycles. The molecule has 0 saturated heterocycles. The average Bonchev–Trinajstić information content (AvgIpc) is 3.90. The summed E-state index contributed by atoms with van der Waals surface area (Å²) in [6, 6.07) is 55.3. The minimum atomic E-state index is -0.398. The van der Waals surface area contributed by atoms with E-state index in [0.717, 1.165) is 86.9 Å². The van der Waals surface area contributed by atoms with E-state index < -0.39 is 5.41 Å². The van der Waals surface area contributed by atoms with E-state index in [-0.39, 0.29) is 5.78 Å². The summed E-state index contributed by atoms with van der Waals surface area (Å²) in [7, 11) is 0. The highest BCUT2D eigenvalue weighted by molar-refractivity contribution is 6.32. The van der Waals surface area contributed by atoms with Crippen molar-refractivity contribution in [1.82, 2.24) is 0 Å². The van der Waals surface area contributed by atoms with E-state index in [9.17, 15) is 4.79 Å². The van der Waals surface area contributed by atoms with E-state index in [1.54, 1.807) is 0 Å². The lowest BCUT2D eigenvalue weighted by Gasteiger charge is -2.44. The number of fused-ring (bicyclic) bond motifs is 10. The Labute approximate surface area is 346 Å². The Morgan fingerprint density at radius 1 is 0.424 bits per heavy atom. The second-order valence-electron chi connectivity index (χ2n) is 16.1. The van der Waals surface area contributed by atoms with E-state index in [2.05, 4.69) is 147 Å². The minimum absolute atomic E-state index is 0.122. The summed E-state index contributed by atoms with van der Waals surface area (Å²) in [5, 5.41) is 0. The molecule has 59 heavy (non-hydrogen) atoms. The van der Waals surface area contributed by atoms with Gasteiger partial charge in [-0.3, -0.25) is 4.79 Å². The van der Waals surface area contributed by atoms with Crippen molar-refractivity contribution in [3.63, 3.8) is 0 Å². The molecule has 0 N–H and O–H groups in total. The predicted octanol–water partition coefficient (Wildman–Crippen LogP) is 13.6. The molecule has 0 aromatic heterocycles. The van der Waals surface area contributed by atoms with Crippen LogP contribution >= 0.6 is 0 Å². The fraction of sp³-hybridized carbons (Fsp3) is 0.121. The summed E-state index contributed by atoms with van der Waals surface area (Å²) in [5.41, 5.74) is 21.9. The highest BCUT2D eigenvalue weighted by Crippen LogP contribution is 2.69. The van der Waals surface area contributed by atoms with Crippen molar-refractivity contribution in [1.29, 1.82) is 0 Å². The first-order chi connectivity index (χ1) is 29.1. The molecule has 0 aliphatic heterocycles. The molecule has 0 spiro atoms. The first-order valence-corrected chi connectivity index (χ1v) is 21.0. The van der Waals surface area contributed by atoms with Crippen LogP contribution in [0.2, 0.25) is 0 Å². The van der Waals surface area contributed by atoms with E-state index >= 15 is 0 Å². The van der Waals surface area contributed by atoms with Crippen molar-refractivity contribution in [2.75, 3.05) is 0 Å². The molecule has 0 saturated carbocycles. The Hall–Kier alpha value is -7.19. The molecule has 11 rings (SSSR count). The summed E-state index contributed by atoms with van der Waals surface area (Å²) in [6.07, 6.45) is 3.87. The topological polar surface area (TPSA) is 17.1 Å². The van der Waals surface area contributed by atoms with Crippen molar-refractivity contribution in [3.05, 3.63) is 219 Å². The zero-order chi connectivity index (χ0) is 39.7. The summed E-state index contributed by atoms with van der Waals surface area (Å²) in [6.45, 7) is 4.66. The number of carbonyl (C=O) groups excluding carboxylic acids is 1. The zero-order valence-electron chi connectivity index (χ0n) is 33.2. The Balaban J connectivity index is 1.30. The monoisotopic (exact) mass is 752 g/mol. The zero-order valence-corrected chi connectivity index (χ0v) is 33.2. The highest BCUT2D eigenvalue weighted by atomic mass is 16.1. The molecule has 0 heterocycles. The number of benzene rings is 7. The molecular formula is C58H40O. The maximum Gasteiger partial charge on any atom is 0.194 e. The third kappa shape index (κ3) is 5.05. The molecule has 0 amide bonds. The third-order valence-electron chi connectivity index (χ3n) is 12.8. The standard InChI is InChI=1S/C58H40O/c1-3-35-58(36-4-2)55-46(34-33-39-22-12-11-21-38(39)32-31-37-19-7-5-8-20-37)41-25-13-14-26-42(41)52(55)50-43-27-15-16-28-44(43)51-53(50)56(58)48(40-23-9-6-10-24-40)49-45-29-17-18-30-47(45)57(59)54(49)51/h5-30H,3-4,35-36H2,1-2H3. The molecule has 0 atom stereocenters. The largest absolute Gasteiger partial charge is 0.289 e. The average molecular weight is 753 g/mol. The summed E-state index contributed by atoms with van der Waals surface area (Å²) < 4.78 is 0. The molecule has 7 aromatic rings. The molecular weight excluding hydrogens is 713 g/mol. The minimum Gasteiger partial charge on any atom is -0.289 e. The van der Waals surface area contributed by atoms with E-state index in [0.29, 0.717) is 0 Å². The molecule has 7 aromatic carbocycles. The van der Waals surface area contributed by atoms with Crippen molar-refractivity contribution in [2.45, 2.75) is 44.9 Å². The van der Waals surface area contributed by atoms with E-state index in [1.807, 2.05) is 48.5 Å². The molecule has 0 unspecified atom stereocenters. The number of hydrogen-bond acceptors (Lipinski definition) is 1. The van der Waals surface area contributed by atoms with Crippen LogP contribution in [0.4, 0.5) is 0 Å². The molecule has 0 radical (unpaired) electrons. The number of ketones is 1. The summed E-state index contributed by atoms with van der Waals surface area (Å²) in [5.74, 6) is 14.5. The molecule has 4 aliphatic rings. The predicted molar refractivity (Wildman–Crippen MR) is 243 cm³/mol. The lowest BCUT2D eigenvalue weighted by Crippen LogP contribution is -2.34. The molecule has 1 heteroatoms. The van der Waals surface area contributed by atoms with Crippen LogP contribution in [0.5, 0.6) is 0 Å². The van der Waals surface area contributed by atoms with Crippen LogP contribution < -0.4 is 0 Å². The van der Waals surface area contributed by atoms with Gasteiger partial charge >= 0.3 is 0 Å². The van der Waals surface area contributed by atoms with E-state index in [1.165, 1.54) is 50.1 Å². The van der Waals surface area contributed by atoms with Gasteiger partial charge in [0.05, 0.1) is 0 Å². The maximum absolute atomic E-state index is 15.0. The number of rotatable bonds is 5. The number of hydrogen-bond donors (Lipinski definition) is 0. The van der Waals surface area contributed by atoms with Crippen LogP contribution in [0.1, 0.15) is 100.0 Å². The first kappa shape index (κ1) is 35.0. The van der Waals surface area contributed by atoms with Gasteiger partial charge in [-0.05, 0) is 104 Å². The number of carbonyl (C=O) groups is 1. The molecule has 0 bridgehead atoms. The van der Waals surface area contributed by atoms with Gasteiger partial charge in [0.15, 0.2) is 5.78 Å². The Morgan fingerprint density at radius 3 is 1.56 bits per heavy atom. The van der Waals surface area contributed by atoms with Gasteiger partial charge in [-0.15, -0.1) is 0 Å². The van der Waals surface area contributed by atoms with Crippen LogP contribution in [0.3, 0.4) is 0 Å². The van der Waals surface area contributed by atoms with Gasteiger partial charge in [-0.1, -0.05) is 184 Å². The summed E-state index contributed by atoms with van der Waals surface area (Å²) >= 11 is 0.